The highest BCUT2D eigenvalue weighted by molar-refractivity contribution is 5.92. The van der Waals surface area contributed by atoms with Gasteiger partial charge in [-0.3, -0.25) is 9.59 Å². The quantitative estimate of drug-likeness (QED) is 0.551. The van der Waals surface area contributed by atoms with E-state index in [1.165, 1.54) is 5.56 Å². The summed E-state index contributed by atoms with van der Waals surface area (Å²) in [6.07, 6.45) is 5.65. The van der Waals surface area contributed by atoms with Crippen LogP contribution in [0.5, 0.6) is 0 Å². The Morgan fingerprint density at radius 2 is 2.03 bits per heavy atom. The molecule has 1 N–H and O–H groups in total. The third-order valence-electron chi connectivity index (χ3n) is 5.75. The Kier molecular flexibility index (Phi) is 6.98. The number of aryl methyl sites for hydroxylation is 1. The van der Waals surface area contributed by atoms with Crippen molar-refractivity contribution in [3.8, 4) is 11.4 Å². The van der Waals surface area contributed by atoms with Crippen LogP contribution in [0.4, 0.5) is 5.69 Å². The zero-order valence-corrected chi connectivity index (χ0v) is 19.0. The number of hydrogen-bond donors (Lipinski definition) is 1. The molecule has 33 heavy (non-hydrogen) atoms. The second-order valence-corrected chi connectivity index (χ2v) is 8.31. The minimum absolute atomic E-state index is 0.000276. The van der Waals surface area contributed by atoms with Crippen LogP contribution in [0.25, 0.3) is 17.5 Å². The van der Waals surface area contributed by atoms with Crippen molar-refractivity contribution in [3.05, 3.63) is 71.6 Å². The van der Waals surface area contributed by atoms with E-state index in [4.69, 9.17) is 4.52 Å². The van der Waals surface area contributed by atoms with Crippen LogP contribution in [0.2, 0.25) is 0 Å². The molecule has 0 unspecified atom stereocenters. The molecule has 2 aromatic carbocycles. The van der Waals surface area contributed by atoms with Crippen molar-refractivity contribution in [1.82, 2.24) is 15.0 Å². The molecule has 170 valence electrons. The molecule has 1 aliphatic heterocycles. The molecule has 0 radical (unpaired) electrons. The molecule has 1 fully saturated rings. The Bertz CT molecular complexity index is 1150. The van der Waals surface area contributed by atoms with Gasteiger partial charge in [-0.25, -0.2) is 0 Å². The van der Waals surface area contributed by atoms with E-state index in [-0.39, 0.29) is 17.7 Å². The SMILES string of the molecule is CCC(=O)Nc1cccc(-c2noc([C@@H]3CCCN(C(=O)/C=C/c4ccc(C)cc4)C3)n2)c1. The second-order valence-electron chi connectivity index (χ2n) is 8.31. The standard InChI is InChI=1S/C26H28N4O3/c1-3-23(31)27-22-8-4-6-20(16-22)25-28-26(33-29-25)21-7-5-15-30(17-21)24(32)14-13-19-11-9-18(2)10-12-19/h4,6,8-14,16,21H,3,5,7,15,17H2,1-2H3,(H,27,31)/b14-13+/t21-/m1/s1. The maximum Gasteiger partial charge on any atom is 0.246 e. The highest BCUT2D eigenvalue weighted by atomic mass is 16.5. The molecule has 1 atom stereocenters. The van der Waals surface area contributed by atoms with Crippen molar-refractivity contribution in [3.63, 3.8) is 0 Å². The molecule has 1 saturated heterocycles. The number of carbonyl (C=O) groups is 2. The molecule has 2 heterocycles. The Morgan fingerprint density at radius 1 is 1.21 bits per heavy atom. The normalized spacial score (nSPS) is 16.2. The summed E-state index contributed by atoms with van der Waals surface area (Å²) >= 11 is 0. The van der Waals surface area contributed by atoms with E-state index in [0.717, 1.165) is 24.0 Å². The minimum Gasteiger partial charge on any atom is -0.339 e. The lowest BCUT2D eigenvalue weighted by molar-refractivity contribution is -0.127. The summed E-state index contributed by atoms with van der Waals surface area (Å²) in [5.74, 6) is 0.941. The van der Waals surface area contributed by atoms with Crippen LogP contribution in [0.15, 0.2) is 59.1 Å². The van der Waals surface area contributed by atoms with Crippen molar-refractivity contribution in [2.24, 2.45) is 0 Å². The number of aromatic nitrogens is 2. The van der Waals surface area contributed by atoms with Crippen LogP contribution in [-0.4, -0.2) is 39.9 Å². The monoisotopic (exact) mass is 444 g/mol. The first-order chi connectivity index (χ1) is 16.0. The Balaban J connectivity index is 1.42. The molecule has 0 aliphatic carbocycles. The summed E-state index contributed by atoms with van der Waals surface area (Å²) in [4.78, 5) is 30.8. The van der Waals surface area contributed by atoms with Crippen molar-refractivity contribution >= 4 is 23.6 Å². The predicted molar refractivity (Wildman–Crippen MR) is 127 cm³/mol. The number of piperidine rings is 1. The van der Waals surface area contributed by atoms with E-state index in [2.05, 4.69) is 15.5 Å². The molecule has 0 saturated carbocycles. The number of hydrogen-bond acceptors (Lipinski definition) is 5. The van der Waals surface area contributed by atoms with Gasteiger partial charge < -0.3 is 14.7 Å². The maximum absolute atomic E-state index is 12.7. The number of likely N-dealkylation sites (tertiary alicyclic amines) is 1. The Labute approximate surface area is 193 Å². The number of amides is 2. The van der Waals surface area contributed by atoms with Crippen molar-refractivity contribution in [1.29, 1.82) is 0 Å². The number of nitrogens with zero attached hydrogens (tertiary/aromatic N) is 3. The van der Waals surface area contributed by atoms with E-state index in [1.54, 1.807) is 13.0 Å². The van der Waals surface area contributed by atoms with E-state index in [1.807, 2.05) is 66.4 Å². The molecule has 7 nitrogen and oxygen atoms in total. The number of rotatable bonds is 6. The summed E-state index contributed by atoms with van der Waals surface area (Å²) in [7, 11) is 0. The summed E-state index contributed by atoms with van der Waals surface area (Å²) in [6.45, 7) is 5.11. The van der Waals surface area contributed by atoms with Crippen LogP contribution in [0.3, 0.4) is 0 Å². The summed E-state index contributed by atoms with van der Waals surface area (Å²) in [5, 5.41) is 6.98. The van der Waals surface area contributed by atoms with Crippen LogP contribution in [-0.2, 0) is 9.59 Å². The molecule has 1 aromatic heterocycles. The summed E-state index contributed by atoms with van der Waals surface area (Å²) < 4.78 is 5.56. The van der Waals surface area contributed by atoms with Crippen molar-refractivity contribution < 1.29 is 14.1 Å². The number of anilines is 1. The lowest BCUT2D eigenvalue weighted by atomic mass is 9.98. The first kappa shape index (κ1) is 22.5. The van der Waals surface area contributed by atoms with E-state index in [9.17, 15) is 9.59 Å². The second kappa shape index (κ2) is 10.3. The van der Waals surface area contributed by atoms with E-state index < -0.39 is 0 Å². The Hall–Kier alpha value is -3.74. The number of benzene rings is 2. The molecule has 0 bridgehead atoms. The number of carbonyl (C=O) groups excluding carboxylic acids is 2. The smallest absolute Gasteiger partial charge is 0.246 e. The van der Waals surface area contributed by atoms with Gasteiger partial charge in [-0.15, -0.1) is 0 Å². The van der Waals surface area contributed by atoms with Gasteiger partial charge in [0, 0.05) is 36.8 Å². The molecular formula is C26H28N4O3. The van der Waals surface area contributed by atoms with Crippen molar-refractivity contribution in [2.75, 3.05) is 18.4 Å². The average molecular weight is 445 g/mol. The molecule has 7 heteroatoms. The van der Waals surface area contributed by atoms with Gasteiger partial charge in [-0.05, 0) is 43.5 Å². The zero-order valence-electron chi connectivity index (χ0n) is 19.0. The minimum atomic E-state index is -0.0515. The van der Waals surface area contributed by atoms with Gasteiger partial charge in [0.05, 0.1) is 5.92 Å². The molecule has 3 aromatic rings. The fourth-order valence-electron chi connectivity index (χ4n) is 3.83. The third-order valence-corrected chi connectivity index (χ3v) is 5.75. The van der Waals surface area contributed by atoms with Crippen LogP contribution < -0.4 is 5.32 Å². The van der Waals surface area contributed by atoms with Gasteiger partial charge in [0.25, 0.3) is 0 Å². The maximum atomic E-state index is 12.7. The van der Waals surface area contributed by atoms with Gasteiger partial charge in [0.15, 0.2) is 0 Å². The topological polar surface area (TPSA) is 88.3 Å². The molecule has 0 spiro atoms. The van der Waals surface area contributed by atoms with Gasteiger partial charge in [0.2, 0.25) is 23.5 Å². The Morgan fingerprint density at radius 3 is 2.82 bits per heavy atom. The van der Waals surface area contributed by atoms with Crippen LogP contribution in [0.1, 0.15) is 49.1 Å². The average Bonchev–Trinajstić information content (AvgIpc) is 3.34. The molecule has 4 rings (SSSR count). The number of nitrogens with one attached hydrogen (secondary N) is 1. The van der Waals surface area contributed by atoms with Crippen LogP contribution in [0, 0.1) is 6.92 Å². The zero-order chi connectivity index (χ0) is 23.2. The van der Waals surface area contributed by atoms with Gasteiger partial charge >= 0.3 is 0 Å². The fourth-order valence-corrected chi connectivity index (χ4v) is 3.83. The van der Waals surface area contributed by atoms with E-state index in [0.29, 0.717) is 36.9 Å². The predicted octanol–water partition coefficient (Wildman–Crippen LogP) is 4.81. The lowest BCUT2D eigenvalue weighted by Gasteiger charge is -2.30. The fraction of sp³-hybridized carbons (Fsp3) is 0.308. The first-order valence-electron chi connectivity index (χ1n) is 11.3. The van der Waals surface area contributed by atoms with Crippen LogP contribution >= 0.6 is 0 Å². The largest absolute Gasteiger partial charge is 0.339 e. The highest BCUT2D eigenvalue weighted by Gasteiger charge is 2.28. The van der Waals surface area contributed by atoms with Gasteiger partial charge in [-0.1, -0.05) is 54.0 Å². The molecule has 2 amide bonds. The van der Waals surface area contributed by atoms with Gasteiger partial charge in [0.1, 0.15) is 0 Å². The lowest BCUT2D eigenvalue weighted by Crippen LogP contribution is -2.38. The summed E-state index contributed by atoms with van der Waals surface area (Å²) in [5.41, 5.74) is 3.65. The van der Waals surface area contributed by atoms with Crippen molar-refractivity contribution in [2.45, 2.75) is 39.0 Å². The third kappa shape index (κ3) is 5.74. The first-order valence-corrected chi connectivity index (χ1v) is 11.3. The summed E-state index contributed by atoms with van der Waals surface area (Å²) in [6, 6.07) is 15.4. The van der Waals surface area contributed by atoms with E-state index >= 15 is 0 Å². The highest BCUT2D eigenvalue weighted by Crippen LogP contribution is 2.28. The molecular weight excluding hydrogens is 416 g/mol. The molecule has 1 aliphatic rings. The van der Waals surface area contributed by atoms with Gasteiger partial charge in [-0.2, -0.15) is 4.98 Å².